The number of alkyl halides is 3. The van der Waals surface area contributed by atoms with Crippen molar-refractivity contribution in [2.75, 3.05) is 20.3 Å². The van der Waals surface area contributed by atoms with Gasteiger partial charge in [0.25, 0.3) is 0 Å². The molecule has 0 fully saturated rings. The van der Waals surface area contributed by atoms with Crippen LogP contribution in [-0.4, -0.2) is 31.4 Å². The molecular formula is C21H23F3O4. The summed E-state index contributed by atoms with van der Waals surface area (Å²) in [4.78, 5) is 11.7. The minimum Gasteiger partial charge on any atom is -0.491 e. The highest BCUT2D eigenvalue weighted by Crippen LogP contribution is 2.35. The predicted molar refractivity (Wildman–Crippen MR) is 99.5 cm³/mol. The average Bonchev–Trinajstić information content (AvgIpc) is 2.60. The molecule has 152 valence electrons. The molecule has 28 heavy (non-hydrogen) atoms. The number of halogens is 3. The first-order valence-corrected chi connectivity index (χ1v) is 8.80. The van der Waals surface area contributed by atoms with Crippen molar-refractivity contribution in [3.8, 4) is 16.9 Å². The van der Waals surface area contributed by atoms with Crippen LogP contribution in [0.15, 0.2) is 42.5 Å². The third-order valence-electron chi connectivity index (χ3n) is 4.32. The summed E-state index contributed by atoms with van der Waals surface area (Å²) in [6.07, 6.45) is -4.42. The Hall–Kier alpha value is -2.54. The summed E-state index contributed by atoms with van der Waals surface area (Å²) in [5.74, 6) is -1.47. The summed E-state index contributed by atoms with van der Waals surface area (Å²) in [6.45, 7) is 4.22. The number of ether oxygens (including phenoxy) is 2. The molecule has 0 aliphatic rings. The van der Waals surface area contributed by atoms with Crippen LogP contribution in [0.5, 0.6) is 5.75 Å². The largest absolute Gasteiger partial charge is 0.491 e. The molecule has 0 spiro atoms. The first-order chi connectivity index (χ1) is 13.1. The normalized spacial score (nSPS) is 12.8. The Morgan fingerprint density at radius 1 is 1.04 bits per heavy atom. The van der Waals surface area contributed by atoms with Gasteiger partial charge in [-0.2, -0.15) is 13.2 Å². The lowest BCUT2D eigenvalue weighted by atomic mass is 9.86. The zero-order valence-corrected chi connectivity index (χ0v) is 15.9. The van der Waals surface area contributed by atoms with Gasteiger partial charge in [0.05, 0.1) is 18.1 Å². The monoisotopic (exact) mass is 396 g/mol. The Labute approximate surface area is 161 Å². The molecule has 7 heteroatoms. The predicted octanol–water partition coefficient (Wildman–Crippen LogP) is 5.22. The zero-order chi connectivity index (χ0) is 20.9. The zero-order valence-electron chi connectivity index (χ0n) is 15.9. The van der Waals surface area contributed by atoms with Crippen molar-refractivity contribution in [2.24, 2.45) is 5.92 Å². The fourth-order valence-electron chi connectivity index (χ4n) is 2.96. The van der Waals surface area contributed by atoms with Gasteiger partial charge in [0.15, 0.2) is 0 Å². The molecule has 0 radical (unpaired) electrons. The van der Waals surface area contributed by atoms with E-state index in [2.05, 4.69) is 0 Å². The van der Waals surface area contributed by atoms with E-state index in [4.69, 9.17) is 9.47 Å². The van der Waals surface area contributed by atoms with Crippen LogP contribution in [-0.2, 0) is 15.7 Å². The summed E-state index contributed by atoms with van der Waals surface area (Å²) < 4.78 is 49.0. The Bertz CT molecular complexity index is 798. The number of benzene rings is 2. The Balaban J connectivity index is 2.48. The van der Waals surface area contributed by atoms with Gasteiger partial charge in [-0.25, -0.2) is 0 Å². The van der Waals surface area contributed by atoms with Crippen LogP contribution in [0.2, 0.25) is 0 Å². The van der Waals surface area contributed by atoms with Gasteiger partial charge < -0.3 is 14.6 Å². The van der Waals surface area contributed by atoms with Crippen LogP contribution >= 0.6 is 0 Å². The number of carbonyl (C=O) groups is 1. The lowest BCUT2D eigenvalue weighted by molar-refractivity contribution is -0.140. The van der Waals surface area contributed by atoms with E-state index in [9.17, 15) is 23.1 Å². The lowest BCUT2D eigenvalue weighted by Gasteiger charge is -2.19. The second-order valence-corrected chi connectivity index (χ2v) is 6.77. The Kier molecular flexibility index (Phi) is 7.07. The van der Waals surface area contributed by atoms with E-state index in [0.29, 0.717) is 29.0 Å². The van der Waals surface area contributed by atoms with Gasteiger partial charge in [-0.05, 0) is 46.9 Å². The number of hydrogen-bond acceptors (Lipinski definition) is 3. The van der Waals surface area contributed by atoms with Crippen LogP contribution in [0.4, 0.5) is 13.2 Å². The topological polar surface area (TPSA) is 55.8 Å². The molecule has 0 bridgehead atoms. The van der Waals surface area contributed by atoms with Crippen molar-refractivity contribution in [2.45, 2.75) is 25.9 Å². The quantitative estimate of drug-likeness (QED) is 0.622. The van der Waals surface area contributed by atoms with E-state index in [1.165, 1.54) is 19.2 Å². The number of methoxy groups -OCH3 is 1. The van der Waals surface area contributed by atoms with Gasteiger partial charge >= 0.3 is 12.1 Å². The smallest absolute Gasteiger partial charge is 0.416 e. The van der Waals surface area contributed by atoms with Gasteiger partial charge in [-0.1, -0.05) is 32.0 Å². The minimum atomic E-state index is -4.42. The first kappa shape index (κ1) is 21.8. The molecule has 0 saturated carbocycles. The fraction of sp³-hybridized carbons (Fsp3) is 0.381. The first-order valence-electron chi connectivity index (χ1n) is 8.80. The highest BCUT2D eigenvalue weighted by molar-refractivity contribution is 5.78. The van der Waals surface area contributed by atoms with E-state index in [1.54, 1.807) is 32.0 Å². The van der Waals surface area contributed by atoms with Crippen LogP contribution in [0.1, 0.15) is 30.9 Å². The summed E-state index contributed by atoms with van der Waals surface area (Å²) in [7, 11) is 1.53. The van der Waals surface area contributed by atoms with E-state index >= 15 is 0 Å². The number of hydrogen-bond donors (Lipinski definition) is 1. The molecule has 2 rings (SSSR count). The average molecular weight is 396 g/mol. The minimum absolute atomic E-state index is 0.174. The maximum Gasteiger partial charge on any atom is 0.416 e. The summed E-state index contributed by atoms with van der Waals surface area (Å²) in [5.41, 5.74) is 0.923. The number of carboxylic acids is 1. The standard InChI is InChI=1S/C21H23F3O4/c1-13(2)19(20(25)26)16-10-15(11-18(12-16)28-9-8-27-3)14-4-6-17(7-5-14)21(22,23)24/h4-7,10-13,19H,8-9H2,1-3H3,(H,25,26). The van der Waals surface area contributed by atoms with Gasteiger partial charge in [0, 0.05) is 7.11 Å². The van der Waals surface area contributed by atoms with Crippen LogP contribution < -0.4 is 4.74 Å². The third kappa shape index (κ3) is 5.48. The molecule has 0 aliphatic heterocycles. The molecular weight excluding hydrogens is 373 g/mol. The summed E-state index contributed by atoms with van der Waals surface area (Å²) in [5, 5.41) is 9.60. The Morgan fingerprint density at radius 2 is 1.68 bits per heavy atom. The Morgan fingerprint density at radius 3 is 2.18 bits per heavy atom. The fourth-order valence-corrected chi connectivity index (χ4v) is 2.96. The van der Waals surface area contributed by atoms with E-state index in [1.807, 2.05) is 0 Å². The molecule has 0 amide bonds. The number of aliphatic carboxylic acids is 1. The van der Waals surface area contributed by atoms with Crippen molar-refractivity contribution >= 4 is 5.97 Å². The highest BCUT2D eigenvalue weighted by atomic mass is 19.4. The molecule has 1 unspecified atom stereocenters. The van der Waals surface area contributed by atoms with Crippen LogP contribution in [0.3, 0.4) is 0 Å². The molecule has 0 saturated heterocycles. The number of carboxylic acid groups (broad SMARTS) is 1. The molecule has 0 aliphatic carbocycles. The van der Waals surface area contributed by atoms with Crippen LogP contribution in [0, 0.1) is 5.92 Å². The summed E-state index contributed by atoms with van der Waals surface area (Å²) in [6, 6.07) is 9.76. The molecule has 2 aromatic rings. The van der Waals surface area contributed by atoms with E-state index in [0.717, 1.165) is 12.1 Å². The maximum absolute atomic E-state index is 12.8. The second kappa shape index (κ2) is 9.10. The molecule has 1 atom stereocenters. The molecule has 4 nitrogen and oxygen atoms in total. The van der Waals surface area contributed by atoms with E-state index in [-0.39, 0.29) is 12.5 Å². The molecule has 1 N–H and O–H groups in total. The van der Waals surface area contributed by atoms with Crippen molar-refractivity contribution in [3.63, 3.8) is 0 Å². The number of rotatable bonds is 8. The lowest BCUT2D eigenvalue weighted by Crippen LogP contribution is -2.17. The van der Waals surface area contributed by atoms with Gasteiger partial charge in [-0.3, -0.25) is 4.79 Å². The summed E-state index contributed by atoms with van der Waals surface area (Å²) >= 11 is 0. The molecule has 0 aromatic heterocycles. The van der Waals surface area contributed by atoms with Crippen molar-refractivity contribution < 1.29 is 32.5 Å². The van der Waals surface area contributed by atoms with Crippen molar-refractivity contribution in [1.82, 2.24) is 0 Å². The molecule has 0 heterocycles. The van der Waals surface area contributed by atoms with Gasteiger partial charge in [-0.15, -0.1) is 0 Å². The maximum atomic E-state index is 12.8. The van der Waals surface area contributed by atoms with Crippen molar-refractivity contribution in [1.29, 1.82) is 0 Å². The molecule has 2 aromatic carbocycles. The van der Waals surface area contributed by atoms with Crippen LogP contribution in [0.25, 0.3) is 11.1 Å². The SMILES string of the molecule is COCCOc1cc(-c2ccc(C(F)(F)F)cc2)cc(C(C(=O)O)C(C)C)c1. The highest BCUT2D eigenvalue weighted by Gasteiger charge is 2.30. The second-order valence-electron chi connectivity index (χ2n) is 6.77. The van der Waals surface area contributed by atoms with Gasteiger partial charge in [0.1, 0.15) is 12.4 Å². The third-order valence-corrected chi connectivity index (χ3v) is 4.32. The van der Waals surface area contributed by atoms with Gasteiger partial charge in [0.2, 0.25) is 0 Å². The van der Waals surface area contributed by atoms with Crippen molar-refractivity contribution in [3.05, 3.63) is 53.6 Å². The van der Waals surface area contributed by atoms with E-state index < -0.39 is 23.6 Å².